The maximum atomic E-state index is 10.2. The minimum absolute atomic E-state index is 0.500. The van der Waals surface area contributed by atoms with Crippen LogP contribution in [-0.4, -0.2) is 11.7 Å². The number of hydrogen-bond donors (Lipinski definition) is 1. The van der Waals surface area contributed by atoms with Crippen molar-refractivity contribution in [3.63, 3.8) is 0 Å². The minimum Gasteiger partial charge on any atom is -0.494 e. The highest BCUT2D eigenvalue weighted by Gasteiger charge is 2.12. The minimum atomic E-state index is -0.500. The van der Waals surface area contributed by atoms with Crippen LogP contribution in [0.25, 0.3) is 0 Å². The third-order valence-electron chi connectivity index (χ3n) is 2.62. The smallest absolute Gasteiger partial charge is 0.119 e. The second-order valence-corrected chi connectivity index (χ2v) is 5.77. The highest BCUT2D eigenvalue weighted by molar-refractivity contribution is 9.10. The highest BCUT2D eigenvalue weighted by Crippen LogP contribution is 2.29. The summed E-state index contributed by atoms with van der Waals surface area (Å²) in [7, 11) is 0. The van der Waals surface area contributed by atoms with E-state index in [1.54, 1.807) is 11.3 Å². The summed E-state index contributed by atoms with van der Waals surface area (Å²) in [5, 5.41) is 12.3. The lowest BCUT2D eigenvalue weighted by Crippen LogP contribution is -2.01. The zero-order chi connectivity index (χ0) is 13.0. The molecule has 0 aliphatic carbocycles. The van der Waals surface area contributed by atoms with Crippen molar-refractivity contribution in [2.75, 3.05) is 6.61 Å². The van der Waals surface area contributed by atoms with Gasteiger partial charge in [0.25, 0.3) is 0 Å². The summed E-state index contributed by atoms with van der Waals surface area (Å²) in [4.78, 5) is 1.16. The fourth-order valence-electron chi connectivity index (χ4n) is 1.74. The maximum absolute atomic E-state index is 10.2. The zero-order valence-corrected chi connectivity index (χ0v) is 12.5. The van der Waals surface area contributed by atoms with Crippen LogP contribution < -0.4 is 4.74 Å². The first-order valence-corrected chi connectivity index (χ1v) is 7.50. The summed E-state index contributed by atoms with van der Waals surface area (Å²) in [5.41, 5.74) is 0.890. The fourth-order valence-corrected chi connectivity index (χ4v) is 3.29. The summed E-state index contributed by atoms with van der Waals surface area (Å²) >= 11 is 5.13. The van der Waals surface area contributed by atoms with E-state index in [1.165, 1.54) is 0 Å². The van der Waals surface area contributed by atoms with Gasteiger partial charge in [-0.1, -0.05) is 12.1 Å². The van der Waals surface area contributed by atoms with E-state index >= 15 is 0 Å². The number of rotatable bonds is 5. The molecule has 1 aromatic carbocycles. The number of aliphatic hydroxyl groups is 1. The molecule has 96 valence electrons. The number of benzene rings is 1. The van der Waals surface area contributed by atoms with E-state index in [1.807, 2.05) is 42.6 Å². The lowest BCUT2D eigenvalue weighted by Gasteiger charge is -2.12. The molecule has 0 aliphatic rings. The van der Waals surface area contributed by atoms with E-state index in [0.717, 1.165) is 20.7 Å². The Kier molecular flexibility index (Phi) is 4.80. The van der Waals surface area contributed by atoms with Gasteiger partial charge in [0.15, 0.2) is 0 Å². The normalized spacial score (nSPS) is 12.4. The highest BCUT2D eigenvalue weighted by atomic mass is 79.9. The first-order chi connectivity index (χ1) is 8.70. The van der Waals surface area contributed by atoms with E-state index in [2.05, 4.69) is 15.9 Å². The maximum Gasteiger partial charge on any atom is 0.119 e. The van der Waals surface area contributed by atoms with Gasteiger partial charge in [-0.15, -0.1) is 11.3 Å². The fraction of sp³-hybridized carbons (Fsp3) is 0.286. The zero-order valence-electron chi connectivity index (χ0n) is 10.1. The molecule has 1 heterocycles. The number of hydrogen-bond acceptors (Lipinski definition) is 3. The number of aliphatic hydroxyl groups excluding tert-OH is 1. The second kappa shape index (κ2) is 6.36. The van der Waals surface area contributed by atoms with Crippen molar-refractivity contribution in [3.8, 4) is 5.75 Å². The topological polar surface area (TPSA) is 29.5 Å². The van der Waals surface area contributed by atoms with Gasteiger partial charge in [-0.3, -0.25) is 0 Å². The standard InChI is InChI=1S/C14H15BrO2S/c1-2-17-11-5-3-4-10(8-11)13(16)9-14-12(15)6-7-18-14/h3-8,13,16H,2,9H2,1H3. The molecule has 0 radical (unpaired) electrons. The van der Waals surface area contributed by atoms with Crippen molar-refractivity contribution in [1.29, 1.82) is 0 Å². The van der Waals surface area contributed by atoms with Crippen molar-refractivity contribution >= 4 is 27.3 Å². The Balaban J connectivity index is 2.11. The first-order valence-electron chi connectivity index (χ1n) is 5.83. The predicted molar refractivity (Wildman–Crippen MR) is 78.3 cm³/mol. The third-order valence-corrected chi connectivity index (χ3v) is 4.57. The molecule has 1 unspecified atom stereocenters. The van der Waals surface area contributed by atoms with Crippen molar-refractivity contribution in [2.24, 2.45) is 0 Å². The van der Waals surface area contributed by atoms with E-state index < -0.39 is 6.10 Å². The van der Waals surface area contributed by atoms with E-state index in [0.29, 0.717) is 13.0 Å². The summed E-state index contributed by atoms with van der Waals surface area (Å²) in [6.45, 7) is 2.59. The predicted octanol–water partition coefficient (Wildman–Crippen LogP) is 4.19. The Morgan fingerprint density at radius 1 is 1.39 bits per heavy atom. The van der Waals surface area contributed by atoms with Gasteiger partial charge in [0.2, 0.25) is 0 Å². The molecule has 1 N–H and O–H groups in total. The Hall–Kier alpha value is -0.840. The van der Waals surface area contributed by atoms with Crippen molar-refractivity contribution < 1.29 is 9.84 Å². The molecule has 0 spiro atoms. The molecular weight excluding hydrogens is 312 g/mol. The van der Waals surface area contributed by atoms with Crippen molar-refractivity contribution in [1.82, 2.24) is 0 Å². The van der Waals surface area contributed by atoms with Crippen LogP contribution in [0.5, 0.6) is 5.75 Å². The first kappa shape index (κ1) is 13.6. The van der Waals surface area contributed by atoms with Crippen LogP contribution in [0.1, 0.15) is 23.5 Å². The summed E-state index contributed by atoms with van der Waals surface area (Å²) in [6, 6.07) is 9.64. The molecular formula is C14H15BrO2S. The number of thiophene rings is 1. The Morgan fingerprint density at radius 3 is 2.89 bits per heavy atom. The van der Waals surface area contributed by atoms with Gasteiger partial charge in [-0.25, -0.2) is 0 Å². The molecule has 18 heavy (non-hydrogen) atoms. The van der Waals surface area contributed by atoms with Gasteiger partial charge in [0, 0.05) is 15.8 Å². The van der Waals surface area contributed by atoms with Crippen LogP contribution in [0.15, 0.2) is 40.2 Å². The third kappa shape index (κ3) is 3.34. The lowest BCUT2D eigenvalue weighted by atomic mass is 10.1. The van der Waals surface area contributed by atoms with Crippen LogP contribution in [-0.2, 0) is 6.42 Å². The molecule has 0 saturated carbocycles. The Labute approximate surface area is 119 Å². The molecule has 0 amide bonds. The van der Waals surface area contributed by atoms with Gasteiger partial charge in [-0.2, -0.15) is 0 Å². The SMILES string of the molecule is CCOc1cccc(C(O)Cc2sccc2Br)c1. The van der Waals surface area contributed by atoms with Crippen LogP contribution in [0.2, 0.25) is 0 Å². The van der Waals surface area contributed by atoms with E-state index in [9.17, 15) is 5.11 Å². The summed E-state index contributed by atoms with van der Waals surface area (Å²) in [6.07, 6.45) is 0.119. The average molecular weight is 327 g/mol. The van der Waals surface area contributed by atoms with Crippen LogP contribution in [0.3, 0.4) is 0 Å². The molecule has 0 aliphatic heterocycles. The van der Waals surface area contributed by atoms with Crippen LogP contribution in [0.4, 0.5) is 0 Å². The molecule has 2 nitrogen and oxygen atoms in total. The van der Waals surface area contributed by atoms with Gasteiger partial charge < -0.3 is 9.84 Å². The quantitative estimate of drug-likeness (QED) is 0.892. The Bertz CT molecular complexity index is 510. The van der Waals surface area contributed by atoms with Gasteiger partial charge in [-0.05, 0) is 52.0 Å². The molecule has 1 atom stereocenters. The van der Waals surface area contributed by atoms with Crippen LogP contribution in [0, 0.1) is 0 Å². The van der Waals surface area contributed by atoms with Crippen LogP contribution >= 0.6 is 27.3 Å². The summed E-state index contributed by atoms with van der Waals surface area (Å²) < 4.78 is 6.50. The van der Waals surface area contributed by atoms with Gasteiger partial charge >= 0.3 is 0 Å². The Morgan fingerprint density at radius 2 is 2.22 bits per heavy atom. The van der Waals surface area contributed by atoms with Gasteiger partial charge in [0.05, 0.1) is 12.7 Å². The monoisotopic (exact) mass is 326 g/mol. The molecule has 0 bridgehead atoms. The molecule has 0 fully saturated rings. The molecule has 0 saturated heterocycles. The van der Waals surface area contributed by atoms with Gasteiger partial charge in [0.1, 0.15) is 5.75 Å². The largest absolute Gasteiger partial charge is 0.494 e. The summed E-state index contributed by atoms with van der Waals surface area (Å²) in [5.74, 6) is 0.805. The van der Waals surface area contributed by atoms with Crippen molar-refractivity contribution in [2.45, 2.75) is 19.4 Å². The van der Waals surface area contributed by atoms with E-state index in [4.69, 9.17) is 4.74 Å². The molecule has 2 aromatic rings. The molecule has 4 heteroatoms. The van der Waals surface area contributed by atoms with E-state index in [-0.39, 0.29) is 0 Å². The molecule has 2 rings (SSSR count). The second-order valence-electron chi connectivity index (χ2n) is 3.92. The van der Waals surface area contributed by atoms with Crippen molar-refractivity contribution in [3.05, 3.63) is 50.6 Å². The average Bonchev–Trinajstić information content (AvgIpc) is 2.76. The number of halogens is 1. The lowest BCUT2D eigenvalue weighted by molar-refractivity contribution is 0.178. The number of ether oxygens (including phenoxy) is 1. The molecule has 1 aromatic heterocycles.